The molecule has 0 amide bonds. The summed E-state index contributed by atoms with van der Waals surface area (Å²) in [4.78, 5) is 16.4. The largest absolute Gasteiger partial charge is 0.496 e. The van der Waals surface area contributed by atoms with Crippen LogP contribution in [-0.4, -0.2) is 25.0 Å². The van der Waals surface area contributed by atoms with Crippen molar-refractivity contribution in [3.8, 4) is 11.6 Å². The van der Waals surface area contributed by atoms with Crippen molar-refractivity contribution in [2.24, 2.45) is 0 Å². The highest BCUT2D eigenvalue weighted by Crippen LogP contribution is 2.25. The number of ketones is 1. The zero-order chi connectivity index (χ0) is 14.5. The third-order valence-corrected chi connectivity index (χ3v) is 3.09. The van der Waals surface area contributed by atoms with Gasteiger partial charge < -0.3 is 9.47 Å². The molecule has 4 nitrogen and oxygen atoms in total. The van der Waals surface area contributed by atoms with Crippen LogP contribution in [0.3, 0.4) is 0 Å². The second-order valence-electron chi connectivity index (χ2n) is 4.12. The molecule has 0 aliphatic rings. The molecule has 0 saturated carbocycles. The van der Waals surface area contributed by atoms with Crippen molar-refractivity contribution in [1.82, 2.24) is 4.98 Å². The summed E-state index contributed by atoms with van der Waals surface area (Å²) < 4.78 is 10.3. The topological polar surface area (TPSA) is 48.4 Å². The monoisotopic (exact) mass is 291 g/mol. The molecule has 0 unspecified atom stereocenters. The number of pyridine rings is 1. The summed E-state index contributed by atoms with van der Waals surface area (Å²) in [5, 5.41) is 0.562. The van der Waals surface area contributed by atoms with Gasteiger partial charge in [-0.25, -0.2) is 4.98 Å². The van der Waals surface area contributed by atoms with Crippen molar-refractivity contribution in [3.05, 3.63) is 52.7 Å². The zero-order valence-electron chi connectivity index (χ0n) is 11.2. The van der Waals surface area contributed by atoms with E-state index in [0.717, 1.165) is 5.56 Å². The van der Waals surface area contributed by atoms with Crippen LogP contribution in [0, 0.1) is 0 Å². The number of carbonyl (C=O) groups excluding carboxylic acids is 1. The molecule has 104 valence electrons. The van der Waals surface area contributed by atoms with E-state index in [1.165, 1.54) is 7.11 Å². The van der Waals surface area contributed by atoms with Crippen molar-refractivity contribution < 1.29 is 14.3 Å². The van der Waals surface area contributed by atoms with E-state index >= 15 is 0 Å². The van der Waals surface area contributed by atoms with Crippen LogP contribution in [0.15, 0.2) is 36.5 Å². The predicted octanol–water partition coefficient (Wildman–Crippen LogP) is 3.18. The van der Waals surface area contributed by atoms with Crippen molar-refractivity contribution in [2.75, 3.05) is 14.2 Å². The van der Waals surface area contributed by atoms with Gasteiger partial charge in [0.15, 0.2) is 5.78 Å². The summed E-state index contributed by atoms with van der Waals surface area (Å²) in [6.07, 6.45) is 1.75. The van der Waals surface area contributed by atoms with E-state index in [9.17, 15) is 4.79 Å². The fourth-order valence-corrected chi connectivity index (χ4v) is 2.11. The molecule has 2 aromatic rings. The summed E-state index contributed by atoms with van der Waals surface area (Å²) in [5.41, 5.74) is 1.17. The Morgan fingerprint density at radius 2 is 2.05 bits per heavy atom. The van der Waals surface area contributed by atoms with Gasteiger partial charge in [-0.05, 0) is 30.3 Å². The lowest BCUT2D eigenvalue weighted by Crippen LogP contribution is -2.07. The van der Waals surface area contributed by atoms with Gasteiger partial charge in [0.25, 0.3) is 0 Å². The van der Waals surface area contributed by atoms with Gasteiger partial charge in [0.05, 0.1) is 19.8 Å². The number of nitrogens with zero attached hydrogens (tertiary/aromatic N) is 1. The van der Waals surface area contributed by atoms with Crippen molar-refractivity contribution in [2.45, 2.75) is 6.42 Å². The van der Waals surface area contributed by atoms with E-state index in [1.807, 2.05) is 0 Å². The third kappa shape index (κ3) is 3.08. The minimum atomic E-state index is -0.101. The Balaban J connectivity index is 2.30. The van der Waals surface area contributed by atoms with E-state index in [4.69, 9.17) is 21.1 Å². The van der Waals surface area contributed by atoms with Crippen LogP contribution in [0.2, 0.25) is 5.02 Å². The molecule has 5 heteroatoms. The van der Waals surface area contributed by atoms with E-state index < -0.39 is 0 Å². The Labute approximate surface area is 122 Å². The van der Waals surface area contributed by atoms with Crippen molar-refractivity contribution in [1.29, 1.82) is 0 Å². The average molecular weight is 292 g/mol. The summed E-state index contributed by atoms with van der Waals surface area (Å²) >= 11 is 5.96. The molecule has 0 bridgehead atoms. The number of hydrogen-bond acceptors (Lipinski definition) is 4. The van der Waals surface area contributed by atoms with Crippen LogP contribution in [-0.2, 0) is 6.42 Å². The molecule has 1 aromatic heterocycles. The smallest absolute Gasteiger partial charge is 0.224 e. The Bertz CT molecular complexity index is 628. The van der Waals surface area contributed by atoms with Gasteiger partial charge >= 0.3 is 0 Å². The van der Waals surface area contributed by atoms with Gasteiger partial charge in [-0.3, -0.25) is 4.79 Å². The first-order chi connectivity index (χ1) is 9.65. The lowest BCUT2D eigenvalue weighted by molar-refractivity contribution is 0.0988. The summed E-state index contributed by atoms with van der Waals surface area (Å²) in [7, 11) is 3.04. The summed E-state index contributed by atoms with van der Waals surface area (Å²) in [6.45, 7) is 0. The molecular formula is C15H14ClNO3. The van der Waals surface area contributed by atoms with Gasteiger partial charge in [-0.15, -0.1) is 0 Å². The molecule has 20 heavy (non-hydrogen) atoms. The van der Waals surface area contributed by atoms with Crippen molar-refractivity contribution in [3.63, 3.8) is 0 Å². The fourth-order valence-electron chi connectivity index (χ4n) is 1.92. The first-order valence-corrected chi connectivity index (χ1v) is 6.38. The quantitative estimate of drug-likeness (QED) is 0.794. The average Bonchev–Trinajstić information content (AvgIpc) is 2.47. The SMILES string of the molecule is COc1ccc(Cl)cc1CC(=O)c1cccnc1OC. The lowest BCUT2D eigenvalue weighted by Gasteiger charge is -2.09. The zero-order valence-corrected chi connectivity index (χ0v) is 12.0. The maximum absolute atomic E-state index is 12.4. The van der Waals surface area contributed by atoms with Crippen LogP contribution in [0.4, 0.5) is 0 Å². The summed E-state index contributed by atoms with van der Waals surface area (Å²) in [5.74, 6) is 0.847. The van der Waals surface area contributed by atoms with Crippen LogP contribution in [0.5, 0.6) is 11.6 Å². The van der Waals surface area contributed by atoms with Gasteiger partial charge in [0.2, 0.25) is 5.88 Å². The highest BCUT2D eigenvalue weighted by molar-refractivity contribution is 6.30. The van der Waals surface area contributed by atoms with Crippen LogP contribution < -0.4 is 9.47 Å². The molecule has 2 rings (SSSR count). The van der Waals surface area contributed by atoms with Crippen LogP contribution in [0.1, 0.15) is 15.9 Å². The maximum atomic E-state index is 12.4. The van der Waals surface area contributed by atoms with E-state index in [1.54, 1.807) is 43.6 Å². The number of rotatable bonds is 5. The molecule has 0 atom stereocenters. The second-order valence-corrected chi connectivity index (χ2v) is 4.55. The molecule has 1 aromatic carbocycles. The highest BCUT2D eigenvalue weighted by Gasteiger charge is 2.16. The number of halogens is 1. The van der Waals surface area contributed by atoms with Gasteiger partial charge in [0.1, 0.15) is 5.75 Å². The van der Waals surface area contributed by atoms with E-state index in [0.29, 0.717) is 22.2 Å². The summed E-state index contributed by atoms with van der Waals surface area (Å²) in [6, 6.07) is 8.57. The number of ether oxygens (including phenoxy) is 2. The Morgan fingerprint density at radius 1 is 1.25 bits per heavy atom. The molecule has 0 aliphatic carbocycles. The minimum absolute atomic E-state index is 0.101. The number of methoxy groups -OCH3 is 2. The molecule has 0 aliphatic heterocycles. The molecule has 1 heterocycles. The van der Waals surface area contributed by atoms with E-state index in [-0.39, 0.29) is 12.2 Å². The maximum Gasteiger partial charge on any atom is 0.224 e. The molecular weight excluding hydrogens is 278 g/mol. The lowest BCUT2D eigenvalue weighted by atomic mass is 10.0. The first kappa shape index (κ1) is 14.3. The second kappa shape index (κ2) is 6.39. The van der Waals surface area contributed by atoms with Gasteiger partial charge in [-0.1, -0.05) is 11.6 Å². The van der Waals surface area contributed by atoms with E-state index in [2.05, 4.69) is 4.98 Å². The number of Topliss-reactive ketones (excluding diaryl/α,β-unsaturated/α-hetero) is 1. The standard InChI is InChI=1S/C15H14ClNO3/c1-19-14-6-5-11(16)8-10(14)9-13(18)12-4-3-7-17-15(12)20-2/h3-8H,9H2,1-2H3. The molecule has 0 spiro atoms. The van der Waals surface area contributed by atoms with Crippen LogP contribution in [0.25, 0.3) is 0 Å². The highest BCUT2D eigenvalue weighted by atomic mass is 35.5. The predicted molar refractivity (Wildman–Crippen MR) is 76.8 cm³/mol. The fraction of sp³-hybridized carbons (Fsp3) is 0.200. The normalized spacial score (nSPS) is 10.2. The number of aromatic nitrogens is 1. The number of carbonyl (C=O) groups is 1. The van der Waals surface area contributed by atoms with Crippen LogP contribution >= 0.6 is 11.6 Å². The molecule has 0 saturated heterocycles. The molecule has 0 radical (unpaired) electrons. The Morgan fingerprint density at radius 3 is 2.75 bits per heavy atom. The number of benzene rings is 1. The first-order valence-electron chi connectivity index (χ1n) is 6.00. The third-order valence-electron chi connectivity index (χ3n) is 2.86. The minimum Gasteiger partial charge on any atom is -0.496 e. The Kier molecular flexibility index (Phi) is 4.58. The van der Waals surface area contributed by atoms with Gasteiger partial charge in [-0.2, -0.15) is 0 Å². The van der Waals surface area contributed by atoms with Gasteiger partial charge in [0, 0.05) is 23.2 Å². The molecule has 0 fully saturated rings. The Hall–Kier alpha value is -2.07. The molecule has 0 N–H and O–H groups in total. The van der Waals surface area contributed by atoms with Crippen molar-refractivity contribution >= 4 is 17.4 Å². The number of hydrogen-bond donors (Lipinski definition) is 0.